The van der Waals surface area contributed by atoms with Crippen molar-refractivity contribution in [2.24, 2.45) is 11.5 Å². The molecule has 0 aromatic rings. The van der Waals surface area contributed by atoms with Gasteiger partial charge in [-0.25, -0.2) is 5.01 Å². The summed E-state index contributed by atoms with van der Waals surface area (Å²) in [5.41, 5.74) is 14.0. The molecule has 5 N–H and O–H groups in total. The SMILES string of the molecule is Cl.Cl.NCCCC[C@H](N)C(=O)NN1CCCC1. The van der Waals surface area contributed by atoms with E-state index in [4.69, 9.17) is 11.5 Å². The molecule has 0 unspecified atom stereocenters. The highest BCUT2D eigenvalue weighted by Crippen LogP contribution is 2.04. The Kier molecular flexibility index (Phi) is 12.5. The fraction of sp³-hybridized carbons (Fsp3) is 0.900. The predicted molar refractivity (Wildman–Crippen MR) is 74.3 cm³/mol. The standard InChI is InChI=1S/C10H22N4O.2ClH/c11-6-2-1-5-9(12)10(15)13-14-7-3-4-8-14;;/h9H,1-8,11-12H2,(H,13,15);2*1H/t9-;;/m0../s1. The third-order valence-corrected chi connectivity index (χ3v) is 2.68. The van der Waals surface area contributed by atoms with Crippen LogP contribution < -0.4 is 16.9 Å². The average molecular weight is 287 g/mol. The summed E-state index contributed by atoms with van der Waals surface area (Å²) < 4.78 is 0. The minimum atomic E-state index is -0.392. The van der Waals surface area contributed by atoms with Crippen molar-refractivity contribution in [1.82, 2.24) is 10.4 Å². The predicted octanol–water partition coefficient (Wildman–Crippen LogP) is 0.413. The Balaban J connectivity index is 0. The molecule has 1 fully saturated rings. The van der Waals surface area contributed by atoms with Crippen LogP contribution in [0.5, 0.6) is 0 Å². The van der Waals surface area contributed by atoms with Gasteiger partial charge in [0, 0.05) is 13.1 Å². The number of halogens is 2. The van der Waals surface area contributed by atoms with Crippen LogP contribution in [0.15, 0.2) is 0 Å². The Morgan fingerprint density at radius 2 is 1.82 bits per heavy atom. The van der Waals surface area contributed by atoms with E-state index in [0.29, 0.717) is 6.54 Å². The van der Waals surface area contributed by atoms with E-state index in [1.807, 2.05) is 5.01 Å². The molecule has 5 nitrogen and oxygen atoms in total. The third-order valence-electron chi connectivity index (χ3n) is 2.68. The Morgan fingerprint density at radius 1 is 1.24 bits per heavy atom. The van der Waals surface area contributed by atoms with Crippen molar-refractivity contribution in [3.8, 4) is 0 Å². The van der Waals surface area contributed by atoms with E-state index >= 15 is 0 Å². The molecule has 1 aliphatic heterocycles. The van der Waals surface area contributed by atoms with Gasteiger partial charge in [0.25, 0.3) is 5.91 Å². The van der Waals surface area contributed by atoms with Gasteiger partial charge in [0.2, 0.25) is 0 Å². The number of hydrazine groups is 1. The average Bonchev–Trinajstić information content (AvgIpc) is 2.70. The summed E-state index contributed by atoms with van der Waals surface area (Å²) >= 11 is 0. The van der Waals surface area contributed by atoms with E-state index in [1.165, 1.54) is 0 Å². The van der Waals surface area contributed by atoms with Crippen molar-refractivity contribution in [1.29, 1.82) is 0 Å². The van der Waals surface area contributed by atoms with Gasteiger partial charge >= 0.3 is 0 Å². The molecule has 1 rings (SSSR count). The van der Waals surface area contributed by atoms with Crippen molar-refractivity contribution < 1.29 is 4.79 Å². The fourth-order valence-electron chi connectivity index (χ4n) is 1.71. The maximum atomic E-state index is 11.6. The maximum absolute atomic E-state index is 11.6. The van der Waals surface area contributed by atoms with E-state index in [2.05, 4.69) is 5.43 Å². The van der Waals surface area contributed by atoms with E-state index in [1.54, 1.807) is 0 Å². The first-order valence-corrected chi connectivity index (χ1v) is 5.75. The summed E-state index contributed by atoms with van der Waals surface area (Å²) in [6, 6.07) is -0.392. The van der Waals surface area contributed by atoms with Crippen molar-refractivity contribution in [2.75, 3.05) is 19.6 Å². The molecule has 104 valence electrons. The van der Waals surface area contributed by atoms with Crippen LogP contribution in [0.3, 0.4) is 0 Å². The van der Waals surface area contributed by atoms with E-state index in [9.17, 15) is 4.79 Å². The highest BCUT2D eigenvalue weighted by molar-refractivity contribution is 5.85. The topological polar surface area (TPSA) is 84.4 Å². The van der Waals surface area contributed by atoms with Crippen molar-refractivity contribution in [3.05, 3.63) is 0 Å². The second kappa shape index (κ2) is 11.0. The Morgan fingerprint density at radius 3 is 2.35 bits per heavy atom. The molecule has 17 heavy (non-hydrogen) atoms. The number of carbonyl (C=O) groups is 1. The second-order valence-electron chi connectivity index (χ2n) is 4.06. The molecule has 1 saturated heterocycles. The van der Waals surface area contributed by atoms with Gasteiger partial charge in [-0.2, -0.15) is 0 Å². The van der Waals surface area contributed by atoms with Gasteiger partial charge in [-0.05, 0) is 32.2 Å². The van der Waals surface area contributed by atoms with Crippen LogP contribution in [0, 0.1) is 0 Å². The van der Waals surface area contributed by atoms with Gasteiger partial charge in [-0.1, -0.05) is 6.42 Å². The number of nitrogens with two attached hydrogens (primary N) is 2. The monoisotopic (exact) mass is 286 g/mol. The lowest BCUT2D eigenvalue weighted by Gasteiger charge is -2.19. The van der Waals surface area contributed by atoms with Crippen LogP contribution in [0.1, 0.15) is 32.1 Å². The van der Waals surface area contributed by atoms with Gasteiger partial charge in [0.1, 0.15) is 0 Å². The lowest BCUT2D eigenvalue weighted by atomic mass is 10.1. The number of carbonyl (C=O) groups excluding carboxylic acids is 1. The molecule has 1 amide bonds. The summed E-state index contributed by atoms with van der Waals surface area (Å²) in [5.74, 6) is -0.0612. The molecular formula is C10H24Cl2N4O. The minimum Gasteiger partial charge on any atom is -0.330 e. The maximum Gasteiger partial charge on any atom is 0.251 e. The summed E-state index contributed by atoms with van der Waals surface area (Å²) in [5, 5.41) is 1.95. The second-order valence-corrected chi connectivity index (χ2v) is 4.06. The number of rotatable bonds is 6. The molecular weight excluding hydrogens is 263 g/mol. The molecule has 7 heteroatoms. The van der Waals surface area contributed by atoms with Crippen LogP contribution in [-0.2, 0) is 4.79 Å². The Hall–Kier alpha value is -0.0700. The zero-order valence-corrected chi connectivity index (χ0v) is 11.7. The largest absolute Gasteiger partial charge is 0.330 e. The summed E-state index contributed by atoms with van der Waals surface area (Å²) in [6.07, 6.45) is 4.89. The van der Waals surface area contributed by atoms with Gasteiger partial charge in [-0.15, -0.1) is 24.8 Å². The summed E-state index contributed by atoms with van der Waals surface area (Å²) in [6.45, 7) is 2.56. The first-order valence-electron chi connectivity index (χ1n) is 5.75. The van der Waals surface area contributed by atoms with Crippen molar-refractivity contribution in [2.45, 2.75) is 38.1 Å². The van der Waals surface area contributed by atoms with Gasteiger partial charge < -0.3 is 11.5 Å². The van der Waals surface area contributed by atoms with Crippen LogP contribution in [0.25, 0.3) is 0 Å². The zero-order chi connectivity index (χ0) is 11.1. The number of unbranched alkanes of at least 4 members (excludes halogenated alkanes) is 1. The molecule has 0 saturated carbocycles. The van der Waals surface area contributed by atoms with Gasteiger partial charge in [-0.3, -0.25) is 10.2 Å². The molecule has 1 atom stereocenters. The van der Waals surface area contributed by atoms with Gasteiger partial charge in [0.15, 0.2) is 0 Å². The van der Waals surface area contributed by atoms with E-state index in [-0.39, 0.29) is 30.7 Å². The molecule has 0 radical (unpaired) electrons. The molecule has 0 aromatic heterocycles. The fourth-order valence-corrected chi connectivity index (χ4v) is 1.71. The van der Waals surface area contributed by atoms with Crippen molar-refractivity contribution >= 4 is 30.7 Å². The highest BCUT2D eigenvalue weighted by atomic mass is 35.5. The van der Waals surface area contributed by atoms with Crippen LogP contribution in [-0.4, -0.2) is 36.6 Å². The Labute approximate surface area is 115 Å². The van der Waals surface area contributed by atoms with Crippen LogP contribution in [0.2, 0.25) is 0 Å². The highest BCUT2D eigenvalue weighted by Gasteiger charge is 2.18. The molecule has 1 heterocycles. The third kappa shape index (κ3) is 7.78. The molecule has 0 aromatic carbocycles. The van der Waals surface area contributed by atoms with Crippen molar-refractivity contribution in [3.63, 3.8) is 0 Å². The number of nitrogens with one attached hydrogen (secondary N) is 1. The number of hydrogen-bond acceptors (Lipinski definition) is 4. The normalized spacial score (nSPS) is 16.8. The van der Waals surface area contributed by atoms with Crippen LogP contribution in [0.4, 0.5) is 0 Å². The smallest absolute Gasteiger partial charge is 0.251 e. The zero-order valence-electron chi connectivity index (χ0n) is 10.1. The van der Waals surface area contributed by atoms with Gasteiger partial charge in [0.05, 0.1) is 6.04 Å². The lowest BCUT2D eigenvalue weighted by molar-refractivity contribution is -0.126. The molecule has 0 bridgehead atoms. The Bertz CT molecular complexity index is 201. The lowest BCUT2D eigenvalue weighted by Crippen LogP contribution is -2.48. The van der Waals surface area contributed by atoms with E-state index < -0.39 is 6.04 Å². The minimum absolute atomic E-state index is 0. The number of hydrogen-bond donors (Lipinski definition) is 3. The number of nitrogens with zero attached hydrogens (tertiary/aromatic N) is 1. The van der Waals surface area contributed by atoms with Crippen LogP contribution >= 0.6 is 24.8 Å². The number of amides is 1. The first kappa shape index (κ1) is 19.3. The quantitative estimate of drug-likeness (QED) is 0.618. The summed E-state index contributed by atoms with van der Waals surface area (Å²) in [4.78, 5) is 11.6. The molecule has 0 spiro atoms. The molecule has 1 aliphatic rings. The molecule has 0 aliphatic carbocycles. The van der Waals surface area contributed by atoms with E-state index in [0.717, 1.165) is 45.2 Å². The first-order chi connectivity index (χ1) is 7.24. The summed E-state index contributed by atoms with van der Waals surface area (Å²) in [7, 11) is 0.